The summed E-state index contributed by atoms with van der Waals surface area (Å²) in [6.45, 7) is 26.9. The first kappa shape index (κ1) is 44.5. The normalized spacial score (nSPS) is 12.9. The van der Waals surface area contributed by atoms with E-state index in [2.05, 4.69) is 251 Å². The maximum Gasteiger partial charge on any atom is 0.0737 e. The van der Waals surface area contributed by atoms with E-state index < -0.39 is 5.41 Å². The van der Waals surface area contributed by atoms with Crippen molar-refractivity contribution in [2.45, 2.75) is 88.5 Å². The Hall–Kier alpha value is -7.68. The first-order chi connectivity index (χ1) is 34.1. The van der Waals surface area contributed by atoms with Crippen molar-refractivity contribution in [1.82, 2.24) is 0 Å². The van der Waals surface area contributed by atoms with E-state index in [1.807, 2.05) is 0 Å². The molecule has 2 heteroatoms. The summed E-state index contributed by atoms with van der Waals surface area (Å²) in [4.78, 5) is 4.95. The highest BCUT2D eigenvalue weighted by Crippen LogP contribution is 2.65. The summed E-state index contributed by atoms with van der Waals surface area (Å²) in [6.07, 6.45) is 0. The van der Waals surface area contributed by atoms with E-state index in [9.17, 15) is 0 Å². The lowest BCUT2D eigenvalue weighted by atomic mass is 9.68. The molecule has 0 atom stereocenters. The molecule has 10 aromatic rings. The lowest BCUT2D eigenvalue weighted by Gasteiger charge is -2.33. The third-order valence-electron chi connectivity index (χ3n) is 17.2. The van der Waals surface area contributed by atoms with Crippen molar-refractivity contribution in [1.29, 1.82) is 0 Å². The van der Waals surface area contributed by atoms with Crippen LogP contribution in [-0.2, 0) is 5.41 Å². The summed E-state index contributed by atoms with van der Waals surface area (Å²) < 4.78 is 0. The second-order valence-corrected chi connectivity index (χ2v) is 21.1. The SMILES string of the molecule is Cc1cc(N(c2cc(C)c(C)c(C)c2)c2ccc3c4c(ccc3c2)-c2ccc3cc(N(c5cc(C)c(C)c(C)c5)c5cc(C)c(C)c(C)c5)ccc3c2C42c3ccccc3-c3ccccc32)cc(C)c1C. The molecule has 0 amide bonds. The molecular weight excluding hydrogens is 857 g/mol. The molecule has 0 radical (unpaired) electrons. The smallest absolute Gasteiger partial charge is 0.0737 e. The van der Waals surface area contributed by atoms with Gasteiger partial charge in [0.25, 0.3) is 0 Å². The minimum atomic E-state index is -0.550. The highest BCUT2D eigenvalue weighted by atomic mass is 15.1. The van der Waals surface area contributed by atoms with Crippen LogP contribution in [0.3, 0.4) is 0 Å². The molecule has 0 saturated heterocycles. The molecule has 0 heterocycles. The average Bonchev–Trinajstić information content (AvgIpc) is 3.83. The van der Waals surface area contributed by atoms with Crippen LogP contribution in [0.1, 0.15) is 89.0 Å². The quantitative estimate of drug-likeness (QED) is 0.164. The molecule has 2 nitrogen and oxygen atoms in total. The second-order valence-electron chi connectivity index (χ2n) is 21.1. The van der Waals surface area contributed by atoms with Crippen LogP contribution in [0.2, 0.25) is 0 Å². The first-order valence-electron chi connectivity index (χ1n) is 25.4. The third kappa shape index (κ3) is 6.53. The number of anilines is 6. The van der Waals surface area contributed by atoms with E-state index in [-0.39, 0.29) is 0 Å². The van der Waals surface area contributed by atoms with Crippen LogP contribution < -0.4 is 9.80 Å². The van der Waals surface area contributed by atoms with Gasteiger partial charge < -0.3 is 9.80 Å². The molecule has 2 aliphatic carbocycles. The van der Waals surface area contributed by atoms with Gasteiger partial charge >= 0.3 is 0 Å². The van der Waals surface area contributed by atoms with Gasteiger partial charge in [0.05, 0.1) is 5.41 Å². The van der Waals surface area contributed by atoms with Crippen LogP contribution in [0.25, 0.3) is 43.8 Å². The monoisotopic (exact) mass is 918 g/mol. The fourth-order valence-corrected chi connectivity index (χ4v) is 12.5. The predicted octanol–water partition coefficient (Wildman–Crippen LogP) is 19.0. The van der Waals surface area contributed by atoms with Crippen LogP contribution in [0.4, 0.5) is 34.1 Å². The van der Waals surface area contributed by atoms with Crippen molar-refractivity contribution in [3.63, 3.8) is 0 Å². The predicted molar refractivity (Wildman–Crippen MR) is 304 cm³/mol. The minimum Gasteiger partial charge on any atom is -0.310 e. The van der Waals surface area contributed by atoms with Gasteiger partial charge in [0.1, 0.15) is 0 Å². The van der Waals surface area contributed by atoms with Crippen molar-refractivity contribution in [2.75, 3.05) is 9.80 Å². The van der Waals surface area contributed by atoms with Crippen LogP contribution in [0, 0.1) is 83.1 Å². The zero-order valence-electron chi connectivity index (χ0n) is 43.4. The van der Waals surface area contributed by atoms with Gasteiger partial charge in [-0.2, -0.15) is 0 Å². The number of nitrogens with zero attached hydrogens (tertiary/aromatic N) is 2. The van der Waals surface area contributed by atoms with Crippen LogP contribution >= 0.6 is 0 Å². The highest BCUT2D eigenvalue weighted by Gasteiger charge is 2.53. The Morgan fingerprint density at radius 2 is 0.563 bits per heavy atom. The van der Waals surface area contributed by atoms with E-state index >= 15 is 0 Å². The van der Waals surface area contributed by atoms with Crippen molar-refractivity contribution in [3.8, 4) is 22.3 Å². The van der Waals surface area contributed by atoms with Gasteiger partial charge in [-0.25, -0.2) is 0 Å². The Labute approximate surface area is 420 Å². The molecule has 10 aromatic carbocycles. The fourth-order valence-electron chi connectivity index (χ4n) is 12.5. The Morgan fingerprint density at radius 3 is 0.873 bits per heavy atom. The summed E-state index contributed by atoms with van der Waals surface area (Å²) in [5, 5.41) is 5.03. The zero-order valence-corrected chi connectivity index (χ0v) is 43.4. The number of fused-ring (bicyclic) bond motifs is 14. The first-order valence-corrected chi connectivity index (χ1v) is 25.4. The van der Waals surface area contributed by atoms with Crippen molar-refractivity contribution < 1.29 is 0 Å². The standard InChI is InChI=1S/C69H62N2/c1-39-29-55(30-40(2)47(39)9)70(56-31-41(3)48(10)42(4)32-56)53-23-27-59-51(37-53)21-25-63-64-26-22-52-38-54(71(57-33-43(5)49(11)44(6)34-57)58-35-45(7)50(12)46(8)36-58)24-28-60(52)68(64)69(67(59)63)65-19-15-13-17-61(65)62-18-14-16-20-66(62)69/h13-38H,1-12H3. The number of hydrogen-bond acceptors (Lipinski definition) is 2. The molecule has 0 aliphatic heterocycles. The Balaban J connectivity index is 1.11. The summed E-state index contributed by atoms with van der Waals surface area (Å²) in [7, 11) is 0. The van der Waals surface area contributed by atoms with Crippen molar-refractivity contribution in [3.05, 3.63) is 247 Å². The van der Waals surface area contributed by atoms with Gasteiger partial charge in [-0.3, -0.25) is 0 Å². The fraction of sp³-hybridized carbons (Fsp3) is 0.188. The number of benzene rings is 10. The highest BCUT2D eigenvalue weighted by molar-refractivity contribution is 6.10. The number of hydrogen-bond donors (Lipinski definition) is 0. The van der Waals surface area contributed by atoms with Crippen molar-refractivity contribution in [2.24, 2.45) is 0 Å². The molecule has 2 aliphatic rings. The van der Waals surface area contributed by atoms with Gasteiger partial charge in [0.15, 0.2) is 0 Å². The molecule has 0 bridgehead atoms. The zero-order chi connectivity index (χ0) is 49.4. The van der Waals surface area contributed by atoms with E-state index in [4.69, 9.17) is 0 Å². The van der Waals surface area contributed by atoms with Crippen LogP contribution in [0.15, 0.2) is 158 Å². The Kier molecular flexibility index (Phi) is 10.2. The molecule has 0 fully saturated rings. The molecule has 1 spiro atoms. The van der Waals surface area contributed by atoms with Gasteiger partial charge in [0.2, 0.25) is 0 Å². The second kappa shape index (κ2) is 16.2. The topological polar surface area (TPSA) is 6.48 Å². The summed E-state index contributed by atoms with van der Waals surface area (Å²) in [6, 6.07) is 61.4. The maximum absolute atomic E-state index is 2.48. The van der Waals surface area contributed by atoms with E-state index in [1.54, 1.807) is 0 Å². The van der Waals surface area contributed by atoms with E-state index in [0.29, 0.717) is 0 Å². The van der Waals surface area contributed by atoms with Crippen molar-refractivity contribution >= 4 is 55.7 Å². The minimum absolute atomic E-state index is 0.550. The van der Waals surface area contributed by atoms with Gasteiger partial charge in [0, 0.05) is 34.1 Å². The molecule has 0 aromatic heterocycles. The molecule has 0 N–H and O–H groups in total. The summed E-state index contributed by atoms with van der Waals surface area (Å²) >= 11 is 0. The van der Waals surface area contributed by atoms with Gasteiger partial charge in [-0.1, -0.05) is 84.9 Å². The van der Waals surface area contributed by atoms with Gasteiger partial charge in [-0.05, 0) is 289 Å². The maximum atomic E-state index is 2.48. The number of aryl methyl sites for hydroxylation is 8. The lowest BCUT2D eigenvalue weighted by molar-refractivity contribution is 0.809. The largest absolute Gasteiger partial charge is 0.310 e. The van der Waals surface area contributed by atoms with E-state index in [0.717, 1.165) is 11.4 Å². The Bertz CT molecular complexity index is 3460. The summed E-state index contributed by atoms with van der Waals surface area (Å²) in [5.74, 6) is 0. The van der Waals surface area contributed by atoms with Crippen LogP contribution in [-0.4, -0.2) is 0 Å². The molecule has 71 heavy (non-hydrogen) atoms. The van der Waals surface area contributed by atoms with E-state index in [1.165, 1.54) is 156 Å². The lowest BCUT2D eigenvalue weighted by Crippen LogP contribution is -2.26. The molecular formula is C69H62N2. The molecule has 0 saturated carbocycles. The molecule has 348 valence electrons. The average molecular weight is 919 g/mol. The third-order valence-corrected chi connectivity index (χ3v) is 17.2. The Morgan fingerprint density at radius 1 is 0.268 bits per heavy atom. The van der Waals surface area contributed by atoms with Crippen LogP contribution in [0.5, 0.6) is 0 Å². The summed E-state index contributed by atoms with van der Waals surface area (Å²) in [5.41, 5.74) is 33.0. The molecule has 12 rings (SSSR count). The number of rotatable bonds is 6. The molecule has 0 unspecified atom stereocenters. The van der Waals surface area contributed by atoms with Gasteiger partial charge in [-0.15, -0.1) is 0 Å².